The maximum Gasteiger partial charge on any atom is 0.332 e. The number of ether oxygens (including phenoxy) is 2. The SMILES string of the molecule is CO[Si](CCC1CCC(O)C(O)C1)(CCC1CCC(O)C(O)C1)O[Si](C)(C)O.CO[Si](CCCCC(O)C(C)O)(CCCCC(O)C(C)O)O[Si](C)(C)O.CO[Si](CCCOCC(C)(O)CO)(CCOCC(C)(O)C(C)O)O[Si](C)(C)O.CO[Si](CCO)(CC(O)CO)O[Si](C)(C)C. The maximum absolute atomic E-state index is 10.4. The van der Waals surface area contributed by atoms with Gasteiger partial charge >= 0.3 is 59.9 Å². The van der Waals surface area contributed by atoms with E-state index >= 15 is 0 Å². The van der Waals surface area contributed by atoms with Crippen molar-refractivity contribution in [3.63, 3.8) is 0 Å². The van der Waals surface area contributed by atoms with Crippen molar-refractivity contribution in [1.82, 2.24) is 0 Å². The molecule has 0 bridgehead atoms. The van der Waals surface area contributed by atoms with Crippen LogP contribution in [-0.2, 0) is 43.6 Å². The second-order valence-electron chi connectivity index (χ2n) is 30.3. The highest BCUT2D eigenvalue weighted by Crippen LogP contribution is 2.37. The fourth-order valence-electron chi connectivity index (χ4n) is 11.5. The van der Waals surface area contributed by atoms with Crippen LogP contribution in [0.2, 0.25) is 107 Å². The average molecular weight is 1560 g/mol. The van der Waals surface area contributed by atoms with E-state index in [1.165, 1.54) is 20.8 Å². The smallest absolute Gasteiger partial charge is 0.332 e. The van der Waals surface area contributed by atoms with Gasteiger partial charge in [0.05, 0.1) is 87.5 Å². The van der Waals surface area contributed by atoms with Crippen molar-refractivity contribution in [3.8, 4) is 0 Å². The van der Waals surface area contributed by atoms with Gasteiger partial charge in [0.1, 0.15) is 11.2 Å². The molecule has 2 saturated carbocycles. The Morgan fingerprint density at radius 3 is 1.15 bits per heavy atom. The largest absolute Gasteiger partial charge is 0.436 e. The molecule has 0 heterocycles. The van der Waals surface area contributed by atoms with Crippen LogP contribution in [0, 0.1) is 11.8 Å². The highest BCUT2D eigenvalue weighted by Gasteiger charge is 2.47. The molecule has 0 radical (unpaired) electrons. The van der Waals surface area contributed by atoms with E-state index in [0.717, 1.165) is 63.5 Å². The zero-order valence-corrected chi connectivity index (χ0v) is 71.3. The molecule has 0 aromatic heterocycles. The van der Waals surface area contributed by atoms with Crippen molar-refractivity contribution in [1.29, 1.82) is 0 Å². The van der Waals surface area contributed by atoms with Crippen LogP contribution in [0.25, 0.3) is 0 Å². The minimum absolute atomic E-state index is 0.0175. The van der Waals surface area contributed by atoms with Crippen molar-refractivity contribution in [3.05, 3.63) is 0 Å². The van der Waals surface area contributed by atoms with Crippen LogP contribution in [0.5, 0.6) is 0 Å². The number of hydrogen-bond acceptors (Lipinski definition) is 28. The van der Waals surface area contributed by atoms with Gasteiger partial charge in [-0.15, -0.1) is 0 Å². The fraction of sp³-hybridized carbons (Fsp3) is 1.00. The minimum Gasteiger partial charge on any atom is -0.436 e. The van der Waals surface area contributed by atoms with Crippen LogP contribution in [0.15, 0.2) is 0 Å². The second kappa shape index (κ2) is 48.8. The van der Waals surface area contributed by atoms with Crippen LogP contribution in [-0.4, -0.2) is 306 Å². The highest BCUT2D eigenvalue weighted by molar-refractivity contribution is 6.83. The Hall–Kier alpha value is 0.615. The summed E-state index contributed by atoms with van der Waals surface area (Å²) >= 11 is 0. The van der Waals surface area contributed by atoms with Crippen LogP contribution in [0.1, 0.15) is 131 Å². The van der Waals surface area contributed by atoms with E-state index in [-0.39, 0.29) is 39.6 Å². The van der Waals surface area contributed by atoms with E-state index in [1.807, 2.05) is 19.6 Å². The fourth-order valence-corrected chi connectivity index (χ4v) is 39.6. The quantitative estimate of drug-likeness (QED) is 0.0306. The van der Waals surface area contributed by atoms with E-state index in [2.05, 4.69) is 0 Å². The summed E-state index contributed by atoms with van der Waals surface area (Å²) in [7, 11) is -14.4. The van der Waals surface area contributed by atoms with Gasteiger partial charge in [-0.3, -0.25) is 0 Å². The first-order valence-electron chi connectivity index (χ1n) is 35.3. The number of aliphatic hydroxyl groups is 15. The van der Waals surface area contributed by atoms with Gasteiger partial charge in [0, 0.05) is 66.4 Å². The predicted octanol–water partition coefficient (Wildman–Crippen LogP) is 3.58. The highest BCUT2D eigenvalue weighted by atomic mass is 28.5. The third kappa shape index (κ3) is 46.6. The lowest BCUT2D eigenvalue weighted by atomic mass is 9.84. The lowest BCUT2D eigenvalue weighted by Gasteiger charge is -2.38. The summed E-state index contributed by atoms with van der Waals surface area (Å²) < 4.78 is 58.2. The molecule has 2 aliphatic carbocycles. The van der Waals surface area contributed by atoms with E-state index in [9.17, 15) is 75.7 Å². The summed E-state index contributed by atoms with van der Waals surface area (Å²) in [6.07, 6.45) is 3.45. The molecular weight excluding hydrogens is 1420 g/mol. The molecule has 18 N–H and O–H groups in total. The van der Waals surface area contributed by atoms with Gasteiger partial charge in [-0.05, 0) is 206 Å². The molecule has 0 aromatic carbocycles. The molecule has 592 valence electrons. The number of unbranched alkanes of at least 4 members (excludes halogenated alkanes) is 2. The predicted molar refractivity (Wildman–Crippen MR) is 394 cm³/mol. The molecule has 16 unspecified atom stereocenters. The first-order valence-corrected chi connectivity index (χ1v) is 56.2. The topological polar surface area (TPSA) is 456 Å². The number of aliphatic hydroxyl groups excluding tert-OH is 13. The van der Waals surface area contributed by atoms with Crippen molar-refractivity contribution >= 4 is 68.2 Å². The van der Waals surface area contributed by atoms with Crippen LogP contribution in [0.4, 0.5) is 0 Å². The summed E-state index contributed by atoms with van der Waals surface area (Å²) in [6.45, 7) is 23.9. The molecule has 36 heteroatoms. The van der Waals surface area contributed by atoms with Crippen molar-refractivity contribution in [2.45, 2.75) is 310 Å². The maximum atomic E-state index is 10.4. The molecule has 0 amide bonds. The summed E-state index contributed by atoms with van der Waals surface area (Å²) in [5.74, 6) is 0.665. The Morgan fingerprint density at radius 2 is 0.827 bits per heavy atom. The van der Waals surface area contributed by atoms with Crippen LogP contribution >= 0.6 is 0 Å². The van der Waals surface area contributed by atoms with Crippen LogP contribution < -0.4 is 0 Å². The monoisotopic (exact) mass is 1560 g/mol. The number of hydrogen-bond donors (Lipinski definition) is 18. The summed E-state index contributed by atoms with van der Waals surface area (Å²) in [4.78, 5) is 30.9. The third-order valence-electron chi connectivity index (χ3n) is 17.4. The van der Waals surface area contributed by atoms with Gasteiger partial charge in [0.15, 0.2) is 8.32 Å². The van der Waals surface area contributed by atoms with E-state index in [4.69, 9.17) is 59.0 Å². The number of rotatable bonds is 48. The average Bonchev–Trinajstić information content (AvgIpc) is 0.855. The van der Waals surface area contributed by atoms with Gasteiger partial charge in [0.25, 0.3) is 0 Å². The second-order valence-corrected chi connectivity index (χ2v) is 59.3. The molecule has 16 atom stereocenters. The molecule has 0 saturated heterocycles. The summed E-state index contributed by atoms with van der Waals surface area (Å²) in [6, 6.07) is 4.66. The van der Waals surface area contributed by atoms with Crippen molar-refractivity contribution in [2.24, 2.45) is 11.8 Å². The standard InChI is InChI=1S/C19H40O7Si2.C17H40O9Si2.C17H40O7Si2.C9H24O5Si2/c1-25-28(26-27(2,3)24,10-8-14-4-6-16(20)18(22)12-14)11-9-15-5-7-17(21)19(23)13-15;1-15(19)17(3,21)14-25-9-11-28(23-4,26-27(5,6)22)10-7-8-24-13-16(2,20)12-18;1-14(18)16(20)10-6-8-12-26(23-3,24-25(4,5)22)13-9-7-11-17(21)15(2)19;1-13-16(6-5-10,8-9(12)7-11)14-15(2,3)4/h14-24H,4-13H2,1-3H3;15,18-22H,7-14H2,1-6H3;14-22H,6-13H2,1-5H3;9-12H,5-8H2,1-4H3. The van der Waals surface area contributed by atoms with Gasteiger partial charge in [-0.2, -0.15) is 0 Å². The summed E-state index contributed by atoms with van der Waals surface area (Å²) in [5.41, 5.74) is -2.62. The normalized spacial score (nSPS) is 24.5. The molecular formula is C62H144O28Si8. The molecule has 2 rings (SSSR count). The Bertz CT molecular complexity index is 1940. The van der Waals surface area contributed by atoms with Gasteiger partial charge < -0.3 is 135 Å². The molecule has 2 fully saturated rings. The van der Waals surface area contributed by atoms with Gasteiger partial charge in [-0.1, -0.05) is 25.7 Å². The zero-order chi connectivity index (χ0) is 76.2. The van der Waals surface area contributed by atoms with Crippen molar-refractivity contribution < 1.29 is 135 Å². The molecule has 2 aliphatic rings. The van der Waals surface area contributed by atoms with E-state index in [1.54, 1.807) is 81.6 Å². The molecule has 28 nitrogen and oxygen atoms in total. The lowest BCUT2D eigenvalue weighted by Crippen LogP contribution is -2.51. The molecule has 0 aromatic rings. The first kappa shape index (κ1) is 101. The Balaban J connectivity index is 0. The lowest BCUT2D eigenvalue weighted by molar-refractivity contribution is -0.101. The first-order chi connectivity index (χ1) is 44.9. The third-order valence-corrected chi connectivity index (χ3v) is 43.3. The Labute approximate surface area is 596 Å². The van der Waals surface area contributed by atoms with Crippen molar-refractivity contribution in [2.75, 3.05) is 74.7 Å². The van der Waals surface area contributed by atoms with Gasteiger partial charge in [0.2, 0.25) is 0 Å². The minimum atomic E-state index is -2.85. The Morgan fingerprint density at radius 1 is 0.449 bits per heavy atom. The molecule has 0 aliphatic heterocycles. The summed E-state index contributed by atoms with van der Waals surface area (Å²) in [5, 5.41) is 143. The molecule has 0 spiro atoms. The zero-order valence-electron chi connectivity index (χ0n) is 63.3. The molecule has 98 heavy (non-hydrogen) atoms. The van der Waals surface area contributed by atoms with Crippen LogP contribution in [0.3, 0.4) is 0 Å². The van der Waals surface area contributed by atoms with E-state index < -0.39 is 140 Å². The Kier molecular flexibility index (Phi) is 50.1. The van der Waals surface area contributed by atoms with E-state index in [0.29, 0.717) is 99.7 Å². The van der Waals surface area contributed by atoms with Gasteiger partial charge in [-0.25, -0.2) is 0 Å².